The zero-order chi connectivity index (χ0) is 14.8. The van der Waals surface area contributed by atoms with Crippen molar-refractivity contribution in [2.75, 3.05) is 6.54 Å². The minimum atomic E-state index is 0.190. The zero-order valence-corrected chi connectivity index (χ0v) is 12.6. The van der Waals surface area contributed by atoms with Crippen LogP contribution in [0.2, 0.25) is 0 Å². The highest BCUT2D eigenvalue weighted by Gasteiger charge is 2.13. The Morgan fingerprint density at radius 1 is 1.24 bits per heavy atom. The molecule has 0 saturated carbocycles. The third-order valence-corrected chi connectivity index (χ3v) is 3.81. The summed E-state index contributed by atoms with van der Waals surface area (Å²) < 4.78 is 4.09. The molecule has 6 heteroatoms. The molecule has 0 aliphatic carbocycles. The van der Waals surface area contributed by atoms with Crippen molar-refractivity contribution in [1.29, 1.82) is 0 Å². The number of benzene rings is 1. The van der Waals surface area contributed by atoms with E-state index < -0.39 is 0 Å². The standard InChI is InChI=1S/C15H20N6/c1-11(16-9-8-14-19-17-10-20(14)2)15-18-12-6-4-5-7-13(12)21(15)3/h4-7,10-11,16H,8-9H2,1-3H3. The maximum Gasteiger partial charge on any atom is 0.133 e. The lowest BCUT2D eigenvalue weighted by molar-refractivity contribution is 0.528. The number of fused-ring (bicyclic) bond motifs is 1. The number of hydrogen-bond acceptors (Lipinski definition) is 4. The highest BCUT2D eigenvalue weighted by Crippen LogP contribution is 2.18. The van der Waals surface area contributed by atoms with Crippen LogP contribution in [0, 0.1) is 0 Å². The monoisotopic (exact) mass is 284 g/mol. The first-order chi connectivity index (χ1) is 10.2. The minimum absolute atomic E-state index is 0.190. The Labute approximate surface area is 123 Å². The molecular formula is C15H20N6. The molecule has 0 fully saturated rings. The molecule has 0 spiro atoms. The van der Waals surface area contributed by atoms with E-state index in [1.54, 1.807) is 6.33 Å². The molecule has 0 aliphatic heterocycles. The van der Waals surface area contributed by atoms with Gasteiger partial charge in [-0.15, -0.1) is 10.2 Å². The van der Waals surface area contributed by atoms with Gasteiger partial charge in [-0.25, -0.2) is 4.98 Å². The van der Waals surface area contributed by atoms with Crippen LogP contribution in [-0.4, -0.2) is 30.9 Å². The summed E-state index contributed by atoms with van der Waals surface area (Å²) in [5.41, 5.74) is 2.20. The van der Waals surface area contributed by atoms with Gasteiger partial charge in [-0.3, -0.25) is 0 Å². The molecular weight excluding hydrogens is 264 g/mol. The lowest BCUT2D eigenvalue weighted by atomic mass is 10.3. The van der Waals surface area contributed by atoms with E-state index in [2.05, 4.69) is 40.1 Å². The molecule has 1 N–H and O–H groups in total. The second kappa shape index (κ2) is 5.65. The van der Waals surface area contributed by atoms with Crippen molar-refractivity contribution >= 4 is 11.0 Å². The summed E-state index contributed by atoms with van der Waals surface area (Å²) in [5, 5.41) is 11.5. The molecule has 110 valence electrons. The molecule has 1 aromatic carbocycles. The van der Waals surface area contributed by atoms with Crippen molar-refractivity contribution < 1.29 is 0 Å². The van der Waals surface area contributed by atoms with Crippen molar-refractivity contribution in [3.63, 3.8) is 0 Å². The summed E-state index contributed by atoms with van der Waals surface area (Å²) in [5.74, 6) is 2.04. The Kier molecular flexibility index (Phi) is 3.70. The van der Waals surface area contributed by atoms with Crippen molar-refractivity contribution in [3.8, 4) is 0 Å². The van der Waals surface area contributed by atoms with Gasteiger partial charge in [-0.05, 0) is 19.1 Å². The molecule has 21 heavy (non-hydrogen) atoms. The maximum absolute atomic E-state index is 4.71. The Hall–Kier alpha value is -2.21. The van der Waals surface area contributed by atoms with E-state index >= 15 is 0 Å². The van der Waals surface area contributed by atoms with E-state index in [1.807, 2.05) is 29.8 Å². The van der Waals surface area contributed by atoms with E-state index in [0.717, 1.165) is 35.6 Å². The third-order valence-electron chi connectivity index (χ3n) is 3.81. The van der Waals surface area contributed by atoms with E-state index in [-0.39, 0.29) is 6.04 Å². The molecule has 2 aromatic heterocycles. The molecule has 2 heterocycles. The summed E-state index contributed by atoms with van der Waals surface area (Å²) in [6.07, 6.45) is 2.58. The van der Waals surface area contributed by atoms with E-state index in [0.29, 0.717) is 0 Å². The van der Waals surface area contributed by atoms with Gasteiger partial charge in [0.1, 0.15) is 18.0 Å². The predicted octanol–water partition coefficient (Wildman–Crippen LogP) is 1.60. The largest absolute Gasteiger partial charge is 0.330 e. The number of imidazole rings is 1. The lowest BCUT2D eigenvalue weighted by Gasteiger charge is -2.13. The van der Waals surface area contributed by atoms with Crippen LogP contribution >= 0.6 is 0 Å². The van der Waals surface area contributed by atoms with Gasteiger partial charge in [0.15, 0.2) is 0 Å². The molecule has 0 radical (unpaired) electrons. The SMILES string of the molecule is CC(NCCc1nncn1C)c1nc2ccccc2n1C. The van der Waals surface area contributed by atoms with Crippen LogP contribution in [0.25, 0.3) is 11.0 Å². The highest BCUT2D eigenvalue weighted by atomic mass is 15.2. The lowest BCUT2D eigenvalue weighted by Crippen LogP contribution is -2.24. The molecule has 3 rings (SSSR count). The van der Waals surface area contributed by atoms with E-state index in [4.69, 9.17) is 4.98 Å². The predicted molar refractivity (Wildman–Crippen MR) is 81.8 cm³/mol. The average molecular weight is 284 g/mol. The van der Waals surface area contributed by atoms with Crippen LogP contribution in [0.15, 0.2) is 30.6 Å². The van der Waals surface area contributed by atoms with Crippen LogP contribution in [0.1, 0.15) is 24.6 Å². The maximum atomic E-state index is 4.71. The first-order valence-corrected chi connectivity index (χ1v) is 7.14. The number of nitrogens with one attached hydrogen (secondary N) is 1. The summed E-state index contributed by atoms with van der Waals surface area (Å²) in [7, 11) is 4.02. The second-order valence-electron chi connectivity index (χ2n) is 5.30. The highest BCUT2D eigenvalue weighted by molar-refractivity contribution is 5.75. The molecule has 0 aliphatic rings. The fraction of sp³-hybridized carbons (Fsp3) is 0.400. The van der Waals surface area contributed by atoms with Gasteiger partial charge in [0.2, 0.25) is 0 Å². The second-order valence-corrected chi connectivity index (χ2v) is 5.30. The number of nitrogens with zero attached hydrogens (tertiary/aromatic N) is 5. The molecule has 3 aromatic rings. The minimum Gasteiger partial charge on any atom is -0.330 e. The van der Waals surface area contributed by atoms with Gasteiger partial charge in [-0.1, -0.05) is 12.1 Å². The van der Waals surface area contributed by atoms with Crippen molar-refractivity contribution in [2.24, 2.45) is 14.1 Å². The first-order valence-electron chi connectivity index (χ1n) is 7.14. The van der Waals surface area contributed by atoms with Crippen LogP contribution in [0.5, 0.6) is 0 Å². The van der Waals surface area contributed by atoms with Gasteiger partial charge in [-0.2, -0.15) is 0 Å². The molecule has 6 nitrogen and oxygen atoms in total. The average Bonchev–Trinajstić information content (AvgIpc) is 3.04. The van der Waals surface area contributed by atoms with Gasteiger partial charge >= 0.3 is 0 Å². The molecule has 0 bridgehead atoms. The van der Waals surface area contributed by atoms with Crippen LogP contribution < -0.4 is 5.32 Å². The van der Waals surface area contributed by atoms with Crippen molar-refractivity contribution in [1.82, 2.24) is 29.6 Å². The van der Waals surface area contributed by atoms with E-state index in [1.165, 1.54) is 0 Å². The van der Waals surface area contributed by atoms with Crippen LogP contribution in [0.4, 0.5) is 0 Å². The summed E-state index contributed by atoms with van der Waals surface area (Å²) >= 11 is 0. The molecule has 1 atom stereocenters. The quantitative estimate of drug-likeness (QED) is 0.773. The molecule has 0 saturated heterocycles. The Bertz CT molecular complexity index is 742. The summed E-state index contributed by atoms with van der Waals surface area (Å²) in [4.78, 5) is 4.71. The fourth-order valence-electron chi connectivity index (χ4n) is 2.58. The van der Waals surface area contributed by atoms with Gasteiger partial charge in [0.05, 0.1) is 17.1 Å². The Morgan fingerprint density at radius 3 is 2.76 bits per heavy atom. The first kappa shape index (κ1) is 13.8. The van der Waals surface area contributed by atoms with Crippen LogP contribution in [0.3, 0.4) is 0 Å². The van der Waals surface area contributed by atoms with Gasteiger partial charge in [0, 0.05) is 27.1 Å². The molecule has 1 unspecified atom stereocenters. The summed E-state index contributed by atoms with van der Waals surface area (Å²) in [6, 6.07) is 8.39. The van der Waals surface area contributed by atoms with Crippen molar-refractivity contribution in [2.45, 2.75) is 19.4 Å². The number of aromatic nitrogens is 5. The smallest absolute Gasteiger partial charge is 0.133 e. The normalized spacial score (nSPS) is 12.9. The van der Waals surface area contributed by atoms with Gasteiger partial charge in [0.25, 0.3) is 0 Å². The Balaban J connectivity index is 1.68. The number of hydrogen-bond donors (Lipinski definition) is 1. The molecule has 0 amide bonds. The third kappa shape index (κ3) is 2.67. The number of rotatable bonds is 5. The zero-order valence-electron chi connectivity index (χ0n) is 12.6. The topological polar surface area (TPSA) is 60.6 Å². The van der Waals surface area contributed by atoms with E-state index in [9.17, 15) is 0 Å². The van der Waals surface area contributed by atoms with Crippen LogP contribution in [-0.2, 0) is 20.5 Å². The fourth-order valence-corrected chi connectivity index (χ4v) is 2.58. The van der Waals surface area contributed by atoms with Gasteiger partial charge < -0.3 is 14.5 Å². The van der Waals surface area contributed by atoms with Crippen molar-refractivity contribution in [3.05, 3.63) is 42.2 Å². The number of aryl methyl sites for hydroxylation is 2. The Morgan fingerprint density at radius 2 is 2.05 bits per heavy atom. The summed E-state index contributed by atoms with van der Waals surface area (Å²) in [6.45, 7) is 2.98. The number of para-hydroxylation sites is 2.